The van der Waals surface area contributed by atoms with Gasteiger partial charge in [0.15, 0.2) is 0 Å². The maximum absolute atomic E-state index is 13.2. The topological polar surface area (TPSA) is 74.7 Å². The molecule has 1 aromatic heterocycles. The van der Waals surface area contributed by atoms with Gasteiger partial charge in [0.1, 0.15) is 5.56 Å². The summed E-state index contributed by atoms with van der Waals surface area (Å²) in [6, 6.07) is 3.82. The quantitative estimate of drug-likeness (QED) is 0.814. The Morgan fingerprint density at radius 1 is 1.21 bits per heavy atom. The number of carbonyl (C=O) groups excluding carboxylic acids is 2. The SMILES string of the molecule is CCNC(=O)N1C[C@@H]2C[C@H](C1)c1ccc(C(=O)N(C)C3CCSCC3)c(=O)n1C2. The molecule has 0 unspecified atom stereocenters. The molecule has 29 heavy (non-hydrogen) atoms. The molecule has 8 heteroatoms. The van der Waals surface area contributed by atoms with E-state index in [2.05, 4.69) is 5.32 Å². The summed E-state index contributed by atoms with van der Waals surface area (Å²) in [5, 5.41) is 2.87. The van der Waals surface area contributed by atoms with Crippen LogP contribution < -0.4 is 10.9 Å². The zero-order valence-electron chi connectivity index (χ0n) is 17.2. The van der Waals surface area contributed by atoms with Crippen LogP contribution in [0, 0.1) is 5.92 Å². The van der Waals surface area contributed by atoms with Gasteiger partial charge in [-0.3, -0.25) is 9.59 Å². The lowest BCUT2D eigenvalue weighted by Crippen LogP contribution is -2.52. The molecule has 3 aliphatic heterocycles. The van der Waals surface area contributed by atoms with Crippen molar-refractivity contribution in [1.29, 1.82) is 0 Å². The van der Waals surface area contributed by atoms with E-state index in [0.717, 1.165) is 36.5 Å². The second-order valence-electron chi connectivity index (χ2n) is 8.39. The van der Waals surface area contributed by atoms with Gasteiger partial charge in [-0.25, -0.2) is 4.79 Å². The number of hydrogen-bond acceptors (Lipinski definition) is 4. The van der Waals surface area contributed by atoms with E-state index in [-0.39, 0.29) is 40.9 Å². The molecular formula is C21H30N4O3S. The van der Waals surface area contributed by atoms with Gasteiger partial charge < -0.3 is 19.7 Å². The predicted octanol–water partition coefficient (Wildman–Crippen LogP) is 1.96. The van der Waals surface area contributed by atoms with Gasteiger partial charge in [0.25, 0.3) is 11.5 Å². The fourth-order valence-electron chi connectivity index (χ4n) is 4.97. The third-order valence-corrected chi connectivity index (χ3v) is 7.56. The van der Waals surface area contributed by atoms with Gasteiger partial charge in [0.2, 0.25) is 0 Å². The zero-order valence-corrected chi connectivity index (χ0v) is 18.0. The lowest BCUT2D eigenvalue weighted by molar-refractivity contribution is 0.0719. The van der Waals surface area contributed by atoms with Crippen LogP contribution >= 0.6 is 11.8 Å². The number of thioether (sulfide) groups is 1. The lowest BCUT2D eigenvalue weighted by Gasteiger charge is -2.42. The van der Waals surface area contributed by atoms with Crippen LogP contribution in [0.25, 0.3) is 0 Å². The van der Waals surface area contributed by atoms with Crippen molar-refractivity contribution in [2.24, 2.45) is 5.92 Å². The molecule has 3 amide bonds. The molecule has 1 aromatic rings. The van der Waals surface area contributed by atoms with Crippen molar-refractivity contribution in [3.8, 4) is 0 Å². The zero-order chi connectivity index (χ0) is 20.5. The summed E-state index contributed by atoms with van der Waals surface area (Å²) in [7, 11) is 1.82. The number of carbonyl (C=O) groups is 2. The molecular weight excluding hydrogens is 388 g/mol. The minimum absolute atomic E-state index is 0.0305. The first-order valence-electron chi connectivity index (χ1n) is 10.6. The third-order valence-electron chi connectivity index (χ3n) is 6.51. The summed E-state index contributed by atoms with van der Waals surface area (Å²) in [5.74, 6) is 2.37. The largest absolute Gasteiger partial charge is 0.338 e. The summed E-state index contributed by atoms with van der Waals surface area (Å²) in [6.45, 7) is 4.38. The molecule has 2 bridgehead atoms. The standard InChI is InChI=1S/C21H30N4O3S/c1-3-22-21(28)24-11-14-10-15(13-24)18-5-4-17(20(27)25(18)12-14)19(26)23(2)16-6-8-29-9-7-16/h4-5,14-16H,3,6-13H2,1-2H3,(H,22,28)/t14-,15+/m0/s1. The van der Waals surface area contributed by atoms with Crippen LogP contribution in [0.5, 0.6) is 0 Å². The number of pyridine rings is 1. The van der Waals surface area contributed by atoms with E-state index >= 15 is 0 Å². The molecule has 7 nitrogen and oxygen atoms in total. The molecule has 158 valence electrons. The van der Waals surface area contributed by atoms with E-state index < -0.39 is 0 Å². The minimum atomic E-state index is -0.175. The van der Waals surface area contributed by atoms with Gasteiger partial charge in [0, 0.05) is 50.9 Å². The second kappa shape index (κ2) is 8.42. The van der Waals surface area contributed by atoms with Crippen molar-refractivity contribution in [3.05, 3.63) is 33.7 Å². The third kappa shape index (κ3) is 3.91. The van der Waals surface area contributed by atoms with Crippen LogP contribution in [0.1, 0.15) is 48.2 Å². The number of piperidine rings is 1. The Labute approximate surface area is 175 Å². The van der Waals surface area contributed by atoms with Crippen LogP contribution in [0.4, 0.5) is 4.79 Å². The minimum Gasteiger partial charge on any atom is -0.338 e. The molecule has 2 fully saturated rings. The van der Waals surface area contributed by atoms with E-state index in [4.69, 9.17) is 0 Å². The fourth-order valence-corrected chi connectivity index (χ4v) is 6.05. The van der Waals surface area contributed by atoms with Crippen molar-refractivity contribution in [2.45, 2.75) is 44.7 Å². The molecule has 4 heterocycles. The fraction of sp³-hybridized carbons (Fsp3) is 0.667. The first-order valence-corrected chi connectivity index (χ1v) is 11.8. The van der Waals surface area contributed by atoms with Gasteiger partial charge in [-0.1, -0.05) is 0 Å². The summed E-state index contributed by atoms with van der Waals surface area (Å²) in [4.78, 5) is 42.2. The van der Waals surface area contributed by atoms with Crippen LogP contribution in [0.15, 0.2) is 16.9 Å². The number of fused-ring (bicyclic) bond motifs is 4. The molecule has 0 radical (unpaired) electrons. The average molecular weight is 419 g/mol. The van der Waals surface area contributed by atoms with Crippen molar-refractivity contribution in [2.75, 3.05) is 38.2 Å². The molecule has 1 N–H and O–H groups in total. The van der Waals surface area contributed by atoms with Crippen molar-refractivity contribution in [3.63, 3.8) is 0 Å². The van der Waals surface area contributed by atoms with Crippen molar-refractivity contribution in [1.82, 2.24) is 19.7 Å². The maximum atomic E-state index is 13.2. The number of hydrogen-bond donors (Lipinski definition) is 1. The maximum Gasteiger partial charge on any atom is 0.317 e. The van der Waals surface area contributed by atoms with Gasteiger partial charge >= 0.3 is 6.03 Å². The van der Waals surface area contributed by atoms with Crippen LogP contribution in [0.3, 0.4) is 0 Å². The molecule has 0 saturated carbocycles. The van der Waals surface area contributed by atoms with Crippen LogP contribution in [0.2, 0.25) is 0 Å². The summed E-state index contributed by atoms with van der Waals surface area (Å²) >= 11 is 1.92. The number of amides is 3. The van der Waals surface area contributed by atoms with E-state index in [0.29, 0.717) is 26.2 Å². The predicted molar refractivity (Wildman–Crippen MR) is 115 cm³/mol. The number of likely N-dealkylation sites (tertiary alicyclic amines) is 1. The molecule has 4 rings (SSSR count). The van der Waals surface area contributed by atoms with E-state index in [1.165, 1.54) is 0 Å². The molecule has 3 aliphatic rings. The van der Waals surface area contributed by atoms with E-state index in [1.807, 2.05) is 36.7 Å². The first-order chi connectivity index (χ1) is 14.0. The van der Waals surface area contributed by atoms with E-state index in [9.17, 15) is 14.4 Å². The monoisotopic (exact) mass is 418 g/mol. The Bertz CT molecular complexity index is 849. The molecule has 0 spiro atoms. The van der Waals surface area contributed by atoms with Gasteiger partial charge in [-0.2, -0.15) is 11.8 Å². The summed E-state index contributed by atoms with van der Waals surface area (Å²) in [6.07, 6.45) is 2.96. The lowest BCUT2D eigenvalue weighted by atomic mass is 9.83. The second-order valence-corrected chi connectivity index (χ2v) is 9.61. The highest BCUT2D eigenvalue weighted by Crippen LogP contribution is 2.35. The smallest absolute Gasteiger partial charge is 0.317 e. The number of nitrogens with zero attached hydrogens (tertiary/aromatic N) is 3. The van der Waals surface area contributed by atoms with Crippen LogP contribution in [-0.2, 0) is 6.54 Å². The Balaban J connectivity index is 1.57. The molecule has 2 saturated heterocycles. The Morgan fingerprint density at radius 2 is 1.97 bits per heavy atom. The molecule has 0 aliphatic carbocycles. The summed E-state index contributed by atoms with van der Waals surface area (Å²) < 4.78 is 1.80. The van der Waals surface area contributed by atoms with Gasteiger partial charge in [-0.15, -0.1) is 0 Å². The van der Waals surface area contributed by atoms with Crippen molar-refractivity contribution < 1.29 is 9.59 Å². The number of nitrogens with one attached hydrogen (secondary N) is 1. The Morgan fingerprint density at radius 3 is 2.69 bits per heavy atom. The Hall–Kier alpha value is -1.96. The highest BCUT2D eigenvalue weighted by molar-refractivity contribution is 7.99. The Kier molecular flexibility index (Phi) is 5.90. The highest BCUT2D eigenvalue weighted by Gasteiger charge is 2.37. The highest BCUT2D eigenvalue weighted by atomic mass is 32.2. The van der Waals surface area contributed by atoms with Gasteiger partial charge in [-0.05, 0) is 55.7 Å². The molecule has 0 aromatic carbocycles. The van der Waals surface area contributed by atoms with Crippen LogP contribution in [-0.4, -0.2) is 70.5 Å². The van der Waals surface area contributed by atoms with Gasteiger partial charge in [0.05, 0.1) is 0 Å². The number of urea groups is 1. The number of rotatable bonds is 3. The first kappa shape index (κ1) is 20.3. The summed E-state index contributed by atoms with van der Waals surface area (Å²) in [5.41, 5.74) is 1.05. The normalized spacial score (nSPS) is 24.0. The van der Waals surface area contributed by atoms with Crippen molar-refractivity contribution >= 4 is 23.7 Å². The molecule has 2 atom stereocenters. The average Bonchev–Trinajstić information content (AvgIpc) is 2.74. The number of aromatic nitrogens is 1. The van der Waals surface area contributed by atoms with E-state index in [1.54, 1.807) is 15.5 Å².